The van der Waals surface area contributed by atoms with Gasteiger partial charge in [0.15, 0.2) is 16.1 Å². The molecule has 2 aromatic carbocycles. The van der Waals surface area contributed by atoms with Gasteiger partial charge < -0.3 is 4.74 Å². The highest BCUT2D eigenvalue weighted by Crippen LogP contribution is 2.40. The smallest absolute Gasteiger partial charge is 0.180 e. The van der Waals surface area contributed by atoms with E-state index in [1.54, 1.807) is 6.07 Å². The van der Waals surface area contributed by atoms with Gasteiger partial charge in [0, 0.05) is 5.54 Å². The number of aldehydes is 1. The highest BCUT2D eigenvalue weighted by atomic mass is 32.2. The number of carbonyl (C=O) groups is 1. The maximum absolute atomic E-state index is 13.5. The van der Waals surface area contributed by atoms with Crippen molar-refractivity contribution in [3.05, 3.63) is 59.2 Å². The maximum Gasteiger partial charge on any atom is 0.180 e. The Morgan fingerprint density at radius 3 is 2.52 bits per heavy atom. The number of benzene rings is 2. The lowest BCUT2D eigenvalue weighted by Gasteiger charge is -2.36. The summed E-state index contributed by atoms with van der Waals surface area (Å²) in [7, 11) is -2.14. The molecule has 2 aromatic rings. The molecule has 5 nitrogen and oxygen atoms in total. The first-order chi connectivity index (χ1) is 13.9. The van der Waals surface area contributed by atoms with Crippen molar-refractivity contribution in [2.75, 3.05) is 12.9 Å². The number of nitrogens with one attached hydrogen (secondary N) is 1. The van der Waals surface area contributed by atoms with Gasteiger partial charge in [-0.3, -0.25) is 10.1 Å². The summed E-state index contributed by atoms with van der Waals surface area (Å²) in [4.78, 5) is 11.9. The Balaban J connectivity index is 2.28. The first-order valence-corrected chi connectivity index (χ1v) is 11.8. The van der Waals surface area contributed by atoms with Gasteiger partial charge in [0.2, 0.25) is 0 Å². The average molecular weight is 416 g/mol. The first kappa shape index (κ1) is 21.5. The molecule has 1 N–H and O–H groups in total. The molecular formula is C23H29NO4S. The van der Waals surface area contributed by atoms with Gasteiger partial charge in [0.1, 0.15) is 5.75 Å². The standard InChI is InChI=1S/C23H29NO4S/c1-4-6-12-23(5-2)16-29(26,27)21-14-20(28-3)18(15-25)13-19(21)22(24-23)17-10-8-7-9-11-17/h7-11,13-15,22,24H,4-6,12,16H2,1-3H3/t22-,23-/m0/s1. The van der Waals surface area contributed by atoms with E-state index in [2.05, 4.69) is 12.2 Å². The Hall–Kier alpha value is -2.18. The Morgan fingerprint density at radius 2 is 1.93 bits per heavy atom. The number of carbonyl (C=O) groups excluding carboxylic acids is 1. The largest absolute Gasteiger partial charge is 0.496 e. The molecule has 0 saturated heterocycles. The zero-order valence-corrected chi connectivity index (χ0v) is 18.1. The molecule has 0 unspecified atom stereocenters. The fourth-order valence-electron chi connectivity index (χ4n) is 4.18. The minimum absolute atomic E-state index is 0.0242. The summed E-state index contributed by atoms with van der Waals surface area (Å²) in [6.07, 6.45) is 4.12. The number of hydrogen-bond acceptors (Lipinski definition) is 5. The summed E-state index contributed by atoms with van der Waals surface area (Å²) in [5, 5.41) is 3.69. The van der Waals surface area contributed by atoms with E-state index in [-0.39, 0.29) is 22.4 Å². The molecule has 3 rings (SSSR count). The second kappa shape index (κ2) is 8.67. The fraction of sp³-hybridized carbons (Fsp3) is 0.435. The van der Waals surface area contributed by atoms with Crippen molar-refractivity contribution in [3.8, 4) is 5.75 Å². The molecule has 1 aliphatic rings. The van der Waals surface area contributed by atoms with Crippen LogP contribution in [0.3, 0.4) is 0 Å². The third kappa shape index (κ3) is 4.23. The van der Waals surface area contributed by atoms with Crippen molar-refractivity contribution in [2.24, 2.45) is 0 Å². The normalized spacial score (nSPS) is 23.1. The van der Waals surface area contributed by atoms with E-state index in [0.717, 1.165) is 24.8 Å². The van der Waals surface area contributed by atoms with Crippen LogP contribution in [-0.2, 0) is 9.84 Å². The molecule has 6 heteroatoms. The highest BCUT2D eigenvalue weighted by molar-refractivity contribution is 7.91. The van der Waals surface area contributed by atoms with E-state index in [1.165, 1.54) is 13.2 Å². The molecule has 0 aromatic heterocycles. The van der Waals surface area contributed by atoms with E-state index in [4.69, 9.17) is 4.74 Å². The van der Waals surface area contributed by atoms with E-state index >= 15 is 0 Å². The van der Waals surface area contributed by atoms with Crippen molar-refractivity contribution in [3.63, 3.8) is 0 Å². The third-order valence-electron chi connectivity index (χ3n) is 5.87. The molecule has 0 saturated carbocycles. The summed E-state index contributed by atoms with van der Waals surface area (Å²) < 4.78 is 32.3. The van der Waals surface area contributed by atoms with E-state index < -0.39 is 15.4 Å². The number of ether oxygens (including phenoxy) is 1. The summed E-state index contributed by atoms with van der Waals surface area (Å²) in [5.41, 5.74) is 1.39. The summed E-state index contributed by atoms with van der Waals surface area (Å²) in [6.45, 7) is 4.15. The van der Waals surface area contributed by atoms with Gasteiger partial charge in [-0.2, -0.15) is 0 Å². The Kier molecular flexibility index (Phi) is 6.44. The van der Waals surface area contributed by atoms with E-state index in [1.807, 2.05) is 37.3 Å². The molecule has 0 bridgehead atoms. The fourth-order valence-corrected chi connectivity index (χ4v) is 6.31. The minimum atomic E-state index is -3.59. The van der Waals surface area contributed by atoms with Crippen LogP contribution < -0.4 is 10.1 Å². The topological polar surface area (TPSA) is 72.5 Å². The van der Waals surface area contributed by atoms with Crippen LogP contribution in [0.4, 0.5) is 0 Å². The molecule has 1 heterocycles. The number of sulfone groups is 1. The van der Waals surface area contributed by atoms with Gasteiger partial charge >= 0.3 is 0 Å². The number of hydrogen-bond donors (Lipinski definition) is 1. The number of unbranched alkanes of at least 4 members (excludes halogenated alkanes) is 1. The zero-order valence-electron chi connectivity index (χ0n) is 17.3. The monoisotopic (exact) mass is 415 g/mol. The van der Waals surface area contributed by atoms with Crippen LogP contribution in [0, 0.1) is 0 Å². The summed E-state index contributed by atoms with van der Waals surface area (Å²) >= 11 is 0. The molecule has 0 spiro atoms. The number of rotatable bonds is 7. The second-order valence-electron chi connectivity index (χ2n) is 7.73. The minimum Gasteiger partial charge on any atom is -0.496 e. The van der Waals surface area contributed by atoms with Gasteiger partial charge in [0.05, 0.1) is 29.4 Å². The quantitative estimate of drug-likeness (QED) is 0.682. The van der Waals surface area contributed by atoms with Gasteiger partial charge in [-0.25, -0.2) is 8.42 Å². The van der Waals surface area contributed by atoms with E-state index in [0.29, 0.717) is 23.8 Å². The molecule has 156 valence electrons. The Labute approximate surface area is 173 Å². The predicted octanol–water partition coefficient (Wildman–Crippen LogP) is 4.31. The lowest BCUT2D eigenvalue weighted by molar-refractivity contribution is 0.112. The van der Waals surface area contributed by atoms with Gasteiger partial charge in [0.25, 0.3) is 0 Å². The van der Waals surface area contributed by atoms with Gasteiger partial charge in [-0.05, 0) is 36.1 Å². The predicted molar refractivity (Wildman–Crippen MR) is 114 cm³/mol. The lowest BCUT2D eigenvalue weighted by atomic mass is 9.87. The zero-order chi connectivity index (χ0) is 21.1. The molecule has 0 fully saturated rings. The molecule has 0 amide bonds. The Bertz CT molecular complexity index is 972. The van der Waals surface area contributed by atoms with Crippen LogP contribution in [0.1, 0.15) is 67.1 Å². The van der Waals surface area contributed by atoms with Crippen LogP contribution in [0.2, 0.25) is 0 Å². The second-order valence-corrected chi connectivity index (χ2v) is 9.69. The van der Waals surface area contributed by atoms with Crippen molar-refractivity contribution < 1.29 is 17.9 Å². The molecular weight excluding hydrogens is 386 g/mol. The van der Waals surface area contributed by atoms with Crippen LogP contribution in [0.25, 0.3) is 0 Å². The van der Waals surface area contributed by atoms with Gasteiger partial charge in [-0.1, -0.05) is 57.0 Å². The van der Waals surface area contributed by atoms with Crippen molar-refractivity contribution in [2.45, 2.75) is 56.0 Å². The average Bonchev–Trinajstić information content (AvgIpc) is 2.84. The lowest BCUT2D eigenvalue weighted by Crippen LogP contribution is -2.50. The van der Waals surface area contributed by atoms with Gasteiger partial charge in [-0.15, -0.1) is 0 Å². The first-order valence-electron chi connectivity index (χ1n) is 10.1. The summed E-state index contributed by atoms with van der Waals surface area (Å²) in [5.74, 6) is 0.308. The van der Waals surface area contributed by atoms with E-state index in [9.17, 15) is 13.2 Å². The molecule has 29 heavy (non-hydrogen) atoms. The molecule has 1 aliphatic heterocycles. The third-order valence-corrected chi connectivity index (χ3v) is 7.83. The SMILES string of the molecule is CCCC[C@@]1(CC)CS(=O)(=O)c2cc(OC)c(C=O)cc2[C@H](c2ccccc2)N1. The molecule has 2 atom stereocenters. The van der Waals surface area contributed by atoms with Crippen LogP contribution in [0.5, 0.6) is 5.75 Å². The van der Waals surface area contributed by atoms with Crippen molar-refractivity contribution in [1.82, 2.24) is 5.32 Å². The van der Waals surface area contributed by atoms with Crippen molar-refractivity contribution >= 4 is 16.1 Å². The highest BCUT2D eigenvalue weighted by Gasteiger charge is 2.42. The van der Waals surface area contributed by atoms with Crippen molar-refractivity contribution in [1.29, 1.82) is 0 Å². The Morgan fingerprint density at radius 1 is 1.21 bits per heavy atom. The maximum atomic E-state index is 13.5. The van der Waals surface area contributed by atoms with Crippen LogP contribution in [0.15, 0.2) is 47.4 Å². The number of methoxy groups -OCH3 is 1. The number of fused-ring (bicyclic) bond motifs is 1. The molecule has 0 radical (unpaired) electrons. The summed E-state index contributed by atoms with van der Waals surface area (Å²) in [6, 6.07) is 12.7. The van der Waals surface area contributed by atoms with Crippen LogP contribution >= 0.6 is 0 Å². The molecule has 0 aliphatic carbocycles. The van der Waals surface area contributed by atoms with Crippen LogP contribution in [-0.4, -0.2) is 33.1 Å².